The maximum absolute atomic E-state index is 14.2. The van der Waals surface area contributed by atoms with Crippen LogP contribution < -0.4 is 10.1 Å². The normalized spacial score (nSPS) is 29.4. The van der Waals surface area contributed by atoms with Crippen molar-refractivity contribution in [2.45, 2.75) is 62.7 Å². The van der Waals surface area contributed by atoms with Crippen molar-refractivity contribution in [3.05, 3.63) is 52.8 Å². The number of nitrogens with one attached hydrogen (secondary N) is 1. The third-order valence-corrected chi connectivity index (χ3v) is 7.36. The number of carbonyl (C=O) groups is 2. The minimum atomic E-state index is -4.79. The molecule has 2 aromatic rings. The van der Waals surface area contributed by atoms with Crippen LogP contribution in [0.4, 0.5) is 18.9 Å². The molecule has 0 unspecified atom stereocenters. The SMILES string of the molecule is COC(=O)c1cc(NC(=O)[C@@H]2O[C@@](C)(C(F)(F)F)[C@@H](C)[C@H]2c2cccc(Cl)c2OC2CC(O)C2)ccn1. The monoisotopic (exact) mass is 542 g/mol. The van der Waals surface area contributed by atoms with Crippen molar-refractivity contribution in [1.82, 2.24) is 4.98 Å². The zero-order chi connectivity index (χ0) is 27.1. The van der Waals surface area contributed by atoms with Gasteiger partial charge in [0.25, 0.3) is 5.91 Å². The summed E-state index contributed by atoms with van der Waals surface area (Å²) >= 11 is 6.39. The molecule has 2 aliphatic rings. The third-order valence-electron chi connectivity index (χ3n) is 7.06. The molecule has 1 amide bonds. The summed E-state index contributed by atoms with van der Waals surface area (Å²) < 4.78 is 58.8. The summed E-state index contributed by atoms with van der Waals surface area (Å²) in [4.78, 5) is 29.1. The topological polar surface area (TPSA) is 107 Å². The fraction of sp³-hybridized carbons (Fsp3) is 0.480. The summed E-state index contributed by atoms with van der Waals surface area (Å²) in [5.74, 6) is -3.74. The quantitative estimate of drug-likeness (QED) is 0.517. The van der Waals surface area contributed by atoms with Crippen molar-refractivity contribution in [3.8, 4) is 5.75 Å². The number of para-hydroxylation sites is 1. The van der Waals surface area contributed by atoms with E-state index in [4.69, 9.17) is 21.1 Å². The van der Waals surface area contributed by atoms with E-state index in [0.717, 1.165) is 6.92 Å². The van der Waals surface area contributed by atoms with E-state index in [9.17, 15) is 27.9 Å². The first-order valence-corrected chi connectivity index (χ1v) is 12.0. The number of aromatic nitrogens is 1. The molecular formula is C25H26ClF3N2O6. The van der Waals surface area contributed by atoms with E-state index in [0.29, 0.717) is 18.4 Å². The number of aliphatic hydroxyl groups is 1. The molecule has 0 radical (unpaired) electrons. The number of nitrogens with zero attached hydrogens (tertiary/aromatic N) is 1. The second kappa shape index (κ2) is 10.1. The minimum Gasteiger partial charge on any atom is -0.488 e. The van der Waals surface area contributed by atoms with Gasteiger partial charge in [0.05, 0.1) is 18.2 Å². The van der Waals surface area contributed by atoms with Crippen LogP contribution in [0, 0.1) is 5.92 Å². The van der Waals surface area contributed by atoms with Gasteiger partial charge in [-0.3, -0.25) is 4.79 Å². The van der Waals surface area contributed by atoms with Gasteiger partial charge in [0, 0.05) is 42.1 Å². The van der Waals surface area contributed by atoms with Crippen LogP contribution in [0.25, 0.3) is 0 Å². The average molecular weight is 543 g/mol. The number of ether oxygens (including phenoxy) is 3. The summed E-state index contributed by atoms with van der Waals surface area (Å²) in [6.45, 7) is 2.28. The number of pyridine rings is 1. The van der Waals surface area contributed by atoms with Gasteiger partial charge in [0.1, 0.15) is 23.7 Å². The summed E-state index contributed by atoms with van der Waals surface area (Å²) in [6, 6.07) is 7.30. The minimum absolute atomic E-state index is 0.0918. The van der Waals surface area contributed by atoms with Crippen molar-refractivity contribution in [1.29, 1.82) is 0 Å². The van der Waals surface area contributed by atoms with Crippen molar-refractivity contribution < 1.29 is 42.1 Å². The second-order valence-corrected chi connectivity index (χ2v) is 9.80. The maximum Gasteiger partial charge on any atom is 0.417 e. The van der Waals surface area contributed by atoms with Crippen LogP contribution in [-0.2, 0) is 14.3 Å². The summed E-state index contributed by atoms with van der Waals surface area (Å²) in [5.41, 5.74) is -2.33. The van der Waals surface area contributed by atoms with Crippen LogP contribution in [0.1, 0.15) is 48.7 Å². The highest BCUT2D eigenvalue weighted by Crippen LogP contribution is 2.55. The van der Waals surface area contributed by atoms with E-state index in [-0.39, 0.29) is 28.3 Å². The van der Waals surface area contributed by atoms with Gasteiger partial charge in [-0.15, -0.1) is 0 Å². The molecule has 4 rings (SSSR count). The van der Waals surface area contributed by atoms with Crippen molar-refractivity contribution >= 4 is 29.2 Å². The first kappa shape index (κ1) is 27.2. The number of methoxy groups -OCH3 is 1. The zero-order valence-corrected chi connectivity index (χ0v) is 21.0. The predicted octanol–water partition coefficient (Wildman–Crippen LogP) is 4.50. The Balaban J connectivity index is 1.71. The molecule has 1 saturated carbocycles. The predicted molar refractivity (Wildman–Crippen MR) is 127 cm³/mol. The average Bonchev–Trinajstić information content (AvgIpc) is 3.10. The largest absolute Gasteiger partial charge is 0.488 e. The van der Waals surface area contributed by atoms with Crippen LogP contribution in [0.3, 0.4) is 0 Å². The molecule has 0 spiro atoms. The summed E-state index contributed by atoms with van der Waals surface area (Å²) in [6.07, 6.45) is -5.27. The van der Waals surface area contributed by atoms with E-state index in [1.165, 1.54) is 32.4 Å². The first-order chi connectivity index (χ1) is 17.4. The van der Waals surface area contributed by atoms with E-state index in [1.807, 2.05) is 0 Å². The number of carbonyl (C=O) groups excluding carboxylic acids is 2. The lowest BCUT2D eigenvalue weighted by atomic mass is 9.77. The van der Waals surface area contributed by atoms with Gasteiger partial charge in [-0.1, -0.05) is 30.7 Å². The molecular weight excluding hydrogens is 517 g/mol. The van der Waals surface area contributed by atoms with E-state index < -0.39 is 47.7 Å². The molecule has 1 aliphatic heterocycles. The van der Waals surface area contributed by atoms with Crippen LogP contribution in [0.15, 0.2) is 36.5 Å². The maximum atomic E-state index is 14.2. The molecule has 4 atom stereocenters. The number of rotatable bonds is 6. The van der Waals surface area contributed by atoms with Gasteiger partial charge in [-0.2, -0.15) is 13.2 Å². The molecule has 1 aromatic heterocycles. The number of anilines is 1. The number of alkyl halides is 3. The zero-order valence-electron chi connectivity index (χ0n) is 20.2. The summed E-state index contributed by atoms with van der Waals surface area (Å²) in [5, 5.41) is 12.3. The first-order valence-electron chi connectivity index (χ1n) is 11.6. The second-order valence-electron chi connectivity index (χ2n) is 9.39. The van der Waals surface area contributed by atoms with Crippen LogP contribution in [-0.4, -0.2) is 59.2 Å². The fourth-order valence-electron chi connectivity index (χ4n) is 4.67. The third kappa shape index (κ3) is 5.12. The van der Waals surface area contributed by atoms with Gasteiger partial charge < -0.3 is 24.6 Å². The molecule has 2 N–H and O–H groups in total. The molecule has 200 valence electrons. The fourth-order valence-corrected chi connectivity index (χ4v) is 4.90. The lowest BCUT2D eigenvalue weighted by Gasteiger charge is -2.34. The van der Waals surface area contributed by atoms with Gasteiger partial charge in [-0.05, 0) is 25.1 Å². The Labute approximate surface area is 216 Å². The van der Waals surface area contributed by atoms with E-state index >= 15 is 0 Å². The highest BCUT2D eigenvalue weighted by atomic mass is 35.5. The number of hydrogen-bond donors (Lipinski definition) is 2. The number of aliphatic hydroxyl groups excluding tert-OH is 1. The molecule has 8 nitrogen and oxygen atoms in total. The van der Waals surface area contributed by atoms with Crippen LogP contribution in [0.2, 0.25) is 5.02 Å². The lowest BCUT2D eigenvalue weighted by Crippen LogP contribution is -2.47. The van der Waals surface area contributed by atoms with Crippen molar-refractivity contribution in [2.75, 3.05) is 12.4 Å². The van der Waals surface area contributed by atoms with E-state index in [2.05, 4.69) is 15.0 Å². The molecule has 2 heterocycles. The van der Waals surface area contributed by atoms with Gasteiger partial charge in [0.2, 0.25) is 0 Å². The summed E-state index contributed by atoms with van der Waals surface area (Å²) in [7, 11) is 1.17. The Hall–Kier alpha value is -2.89. The Bertz CT molecular complexity index is 1190. The van der Waals surface area contributed by atoms with Gasteiger partial charge in [0.15, 0.2) is 5.60 Å². The highest BCUT2D eigenvalue weighted by Gasteiger charge is 2.65. The van der Waals surface area contributed by atoms with Crippen molar-refractivity contribution in [2.24, 2.45) is 5.92 Å². The standard InChI is InChI=1S/C25H26ClF3N2O6/c1-12-19(16-5-4-6-17(26)20(16)36-15-10-14(32)11-15)21(37-24(12,2)25(27,28)29)22(33)31-13-7-8-30-18(9-13)23(34)35-3/h4-9,12,14-15,19,21,32H,10-11H2,1-3H3,(H,30,31,33)/t12-,14?,15?,19-,21+,24+/m0/s1. The van der Waals surface area contributed by atoms with Crippen LogP contribution in [0.5, 0.6) is 5.75 Å². The number of esters is 1. The molecule has 2 fully saturated rings. The van der Waals surface area contributed by atoms with E-state index in [1.54, 1.807) is 18.2 Å². The Morgan fingerprint density at radius 2 is 1.97 bits per heavy atom. The molecule has 1 aromatic carbocycles. The van der Waals surface area contributed by atoms with Gasteiger partial charge >= 0.3 is 12.1 Å². The molecule has 37 heavy (non-hydrogen) atoms. The smallest absolute Gasteiger partial charge is 0.417 e. The van der Waals surface area contributed by atoms with Crippen LogP contribution >= 0.6 is 11.6 Å². The number of halogens is 4. The molecule has 1 aliphatic carbocycles. The number of amides is 1. The Morgan fingerprint density at radius 3 is 2.59 bits per heavy atom. The van der Waals surface area contributed by atoms with Crippen molar-refractivity contribution in [3.63, 3.8) is 0 Å². The molecule has 0 bridgehead atoms. The Kier molecular flexibility index (Phi) is 7.42. The molecule has 12 heteroatoms. The van der Waals surface area contributed by atoms with Gasteiger partial charge in [-0.25, -0.2) is 9.78 Å². The lowest BCUT2D eigenvalue weighted by molar-refractivity contribution is -0.272. The number of hydrogen-bond acceptors (Lipinski definition) is 7. The Morgan fingerprint density at radius 1 is 1.27 bits per heavy atom. The highest BCUT2D eigenvalue weighted by molar-refractivity contribution is 6.32. The molecule has 1 saturated heterocycles. The number of benzene rings is 1.